The zero-order valence-corrected chi connectivity index (χ0v) is 21.2. The lowest BCUT2D eigenvalue weighted by molar-refractivity contribution is 0.237. The van der Waals surface area contributed by atoms with Crippen LogP contribution in [0.5, 0.6) is 5.75 Å². The molecular formula is C28H35N3O3S. The van der Waals surface area contributed by atoms with E-state index in [4.69, 9.17) is 9.88 Å². The van der Waals surface area contributed by atoms with E-state index in [9.17, 15) is 8.42 Å². The van der Waals surface area contributed by atoms with E-state index in [-0.39, 0.29) is 18.0 Å². The normalized spacial score (nSPS) is 21.4. The second-order valence-corrected chi connectivity index (χ2v) is 10.9. The molecule has 1 fully saturated rings. The van der Waals surface area contributed by atoms with Crippen LogP contribution in [-0.2, 0) is 15.6 Å². The molecule has 6 nitrogen and oxygen atoms in total. The summed E-state index contributed by atoms with van der Waals surface area (Å²) < 4.78 is 31.3. The second kappa shape index (κ2) is 10.9. The van der Waals surface area contributed by atoms with Gasteiger partial charge in [-0.3, -0.25) is 0 Å². The molecule has 3 aromatic carbocycles. The van der Waals surface area contributed by atoms with Crippen LogP contribution in [0.3, 0.4) is 0 Å². The molecule has 4 rings (SSSR count). The van der Waals surface area contributed by atoms with Gasteiger partial charge in [0.1, 0.15) is 5.75 Å². The summed E-state index contributed by atoms with van der Waals surface area (Å²) in [5.74, 6) is 0.769. The van der Waals surface area contributed by atoms with Crippen molar-refractivity contribution in [2.24, 2.45) is 5.14 Å². The molecule has 1 atom stereocenters. The predicted octanol–water partition coefficient (Wildman–Crippen LogP) is 4.69. The van der Waals surface area contributed by atoms with Crippen LogP contribution in [0.25, 0.3) is 11.1 Å². The zero-order valence-electron chi connectivity index (χ0n) is 20.4. The number of methoxy groups -OCH3 is 1. The lowest BCUT2D eigenvalue weighted by atomic mass is 9.68. The Labute approximate surface area is 209 Å². The molecule has 4 N–H and O–H groups in total. The van der Waals surface area contributed by atoms with Gasteiger partial charge in [-0.25, -0.2) is 9.86 Å². The Morgan fingerprint density at radius 3 is 2.26 bits per heavy atom. The summed E-state index contributed by atoms with van der Waals surface area (Å²) in [4.78, 5) is 0. The van der Waals surface area contributed by atoms with E-state index in [0.29, 0.717) is 6.04 Å². The smallest absolute Gasteiger partial charge is 0.274 e. The minimum atomic E-state index is -3.77. The number of hydrogen-bond acceptors (Lipinski definition) is 4. The maximum atomic E-state index is 11.7. The average molecular weight is 494 g/mol. The number of ether oxygens (including phenoxy) is 1. The lowest BCUT2D eigenvalue weighted by Gasteiger charge is -2.41. The van der Waals surface area contributed by atoms with Crippen LogP contribution < -0.4 is 19.9 Å². The number of rotatable bonds is 9. The molecule has 1 aliphatic carbocycles. The Kier molecular flexibility index (Phi) is 7.91. The van der Waals surface area contributed by atoms with Gasteiger partial charge in [0.2, 0.25) is 0 Å². The molecule has 3 aromatic rings. The first-order valence-electron chi connectivity index (χ1n) is 12.1. The van der Waals surface area contributed by atoms with Gasteiger partial charge in [-0.2, -0.15) is 8.42 Å². The third-order valence-corrected chi connectivity index (χ3v) is 7.79. The van der Waals surface area contributed by atoms with E-state index >= 15 is 0 Å². The van der Waals surface area contributed by atoms with Crippen LogP contribution in [0.15, 0.2) is 78.9 Å². The van der Waals surface area contributed by atoms with Crippen LogP contribution >= 0.6 is 0 Å². The van der Waals surface area contributed by atoms with Crippen LogP contribution in [0.2, 0.25) is 0 Å². The minimum Gasteiger partial charge on any atom is -0.497 e. The van der Waals surface area contributed by atoms with E-state index in [1.54, 1.807) is 7.11 Å². The minimum absolute atomic E-state index is 0.219. The van der Waals surface area contributed by atoms with Crippen LogP contribution in [-0.4, -0.2) is 28.1 Å². The van der Waals surface area contributed by atoms with Crippen molar-refractivity contribution < 1.29 is 13.2 Å². The van der Waals surface area contributed by atoms with Gasteiger partial charge in [-0.15, -0.1) is 0 Å². The quantitative estimate of drug-likeness (QED) is 0.403. The first-order valence-corrected chi connectivity index (χ1v) is 13.7. The molecule has 1 unspecified atom stereocenters. The number of benzene rings is 3. The van der Waals surface area contributed by atoms with Crippen molar-refractivity contribution in [2.75, 3.05) is 13.7 Å². The Morgan fingerprint density at radius 1 is 0.971 bits per heavy atom. The van der Waals surface area contributed by atoms with E-state index in [0.717, 1.165) is 37.0 Å². The average Bonchev–Trinajstić information content (AvgIpc) is 2.88. The van der Waals surface area contributed by atoms with Crippen molar-refractivity contribution in [3.05, 3.63) is 90.0 Å². The largest absolute Gasteiger partial charge is 0.497 e. The molecule has 7 heteroatoms. The molecule has 1 aliphatic rings. The highest BCUT2D eigenvalue weighted by Gasteiger charge is 2.38. The third-order valence-electron chi connectivity index (χ3n) is 7.24. The van der Waals surface area contributed by atoms with Gasteiger partial charge in [0.25, 0.3) is 10.2 Å². The fraction of sp³-hybridized carbons (Fsp3) is 0.357. The molecule has 0 saturated heterocycles. The number of hydrogen-bond donors (Lipinski definition) is 3. The lowest BCUT2D eigenvalue weighted by Crippen LogP contribution is -2.48. The van der Waals surface area contributed by atoms with E-state index in [1.807, 2.05) is 24.3 Å². The predicted molar refractivity (Wildman–Crippen MR) is 141 cm³/mol. The maximum absolute atomic E-state index is 11.7. The molecule has 186 valence electrons. The molecule has 0 aliphatic heterocycles. The standard InChI is InChI=1S/C28H35N3O3S/c1-21(22-11-13-24(14-12-22)23-7-4-3-5-8-23)31-26-15-17-28(18-16-26,20-30-35(29,32)33)25-9-6-10-27(19-25)34-2/h3-14,19,21,26,30-31H,15-18,20H2,1-2H3,(H2,29,32,33)/t21?,26-,28-. The Balaban J connectivity index is 1.43. The van der Waals surface area contributed by atoms with E-state index in [2.05, 4.69) is 71.6 Å². The Hall–Kier alpha value is -2.71. The summed E-state index contributed by atoms with van der Waals surface area (Å²) in [7, 11) is -2.13. The van der Waals surface area contributed by atoms with Crippen molar-refractivity contribution in [1.82, 2.24) is 10.0 Å². The molecule has 35 heavy (non-hydrogen) atoms. The second-order valence-electron chi connectivity index (χ2n) is 9.53. The first kappa shape index (κ1) is 25.4. The van der Waals surface area contributed by atoms with Gasteiger partial charge in [-0.1, -0.05) is 66.7 Å². The van der Waals surface area contributed by atoms with Crippen molar-refractivity contribution in [3.8, 4) is 16.9 Å². The molecule has 1 saturated carbocycles. The molecule has 0 amide bonds. The highest BCUT2D eigenvalue weighted by atomic mass is 32.2. The molecule has 0 spiro atoms. The van der Waals surface area contributed by atoms with Gasteiger partial charge in [0.15, 0.2) is 0 Å². The Bertz CT molecular complexity index is 1210. The van der Waals surface area contributed by atoms with Gasteiger partial charge < -0.3 is 10.1 Å². The summed E-state index contributed by atoms with van der Waals surface area (Å²) in [5.41, 5.74) is 4.44. The summed E-state index contributed by atoms with van der Waals surface area (Å²) >= 11 is 0. The van der Waals surface area contributed by atoms with E-state index in [1.165, 1.54) is 16.7 Å². The van der Waals surface area contributed by atoms with Crippen LogP contribution in [0, 0.1) is 0 Å². The van der Waals surface area contributed by atoms with Crippen LogP contribution in [0.4, 0.5) is 0 Å². The van der Waals surface area contributed by atoms with Crippen LogP contribution in [0.1, 0.15) is 49.8 Å². The van der Waals surface area contributed by atoms with Crippen molar-refractivity contribution >= 4 is 10.2 Å². The SMILES string of the molecule is COc1cccc([C@]2(CNS(N)(=O)=O)CC[C@@H](NC(C)c3ccc(-c4ccccc4)cc3)CC2)c1. The zero-order chi connectivity index (χ0) is 24.9. The van der Waals surface area contributed by atoms with Crippen molar-refractivity contribution in [2.45, 2.75) is 50.1 Å². The fourth-order valence-electron chi connectivity index (χ4n) is 5.14. The molecular weight excluding hydrogens is 458 g/mol. The van der Waals surface area contributed by atoms with Crippen molar-refractivity contribution in [1.29, 1.82) is 0 Å². The van der Waals surface area contributed by atoms with Gasteiger partial charge in [-0.05, 0) is 67.0 Å². The van der Waals surface area contributed by atoms with Gasteiger partial charge in [0, 0.05) is 24.0 Å². The number of nitrogens with two attached hydrogens (primary N) is 1. The molecule has 0 heterocycles. The molecule has 0 radical (unpaired) electrons. The summed E-state index contributed by atoms with van der Waals surface area (Å²) in [6.07, 6.45) is 3.58. The highest BCUT2D eigenvalue weighted by molar-refractivity contribution is 7.87. The summed E-state index contributed by atoms with van der Waals surface area (Å²) in [5, 5.41) is 9.07. The van der Waals surface area contributed by atoms with Gasteiger partial charge >= 0.3 is 0 Å². The van der Waals surface area contributed by atoms with Crippen molar-refractivity contribution in [3.63, 3.8) is 0 Å². The maximum Gasteiger partial charge on any atom is 0.274 e. The monoisotopic (exact) mass is 493 g/mol. The number of nitrogens with one attached hydrogen (secondary N) is 2. The van der Waals surface area contributed by atoms with Gasteiger partial charge in [0.05, 0.1) is 7.11 Å². The summed E-state index contributed by atoms with van der Waals surface area (Å²) in [6, 6.07) is 27.6. The van der Waals surface area contributed by atoms with E-state index < -0.39 is 10.2 Å². The third kappa shape index (κ3) is 6.49. The molecule has 0 bridgehead atoms. The summed E-state index contributed by atoms with van der Waals surface area (Å²) in [6.45, 7) is 2.48. The molecule has 0 aromatic heterocycles. The Morgan fingerprint density at radius 2 is 1.63 bits per heavy atom. The fourth-order valence-corrected chi connectivity index (χ4v) is 5.62. The first-order chi connectivity index (χ1) is 16.8. The topological polar surface area (TPSA) is 93.4 Å². The highest BCUT2D eigenvalue weighted by Crippen LogP contribution is 2.41.